The number of hydrogen-bond acceptors (Lipinski definition) is 6. The van der Waals surface area contributed by atoms with Crippen molar-refractivity contribution in [3.8, 4) is 0 Å². The molecule has 1 amide bonds. The molecule has 2 fully saturated rings. The van der Waals surface area contributed by atoms with E-state index in [1.54, 1.807) is 18.3 Å². The predicted octanol–water partition coefficient (Wildman–Crippen LogP) is 3.95. The van der Waals surface area contributed by atoms with Crippen molar-refractivity contribution >= 4 is 29.0 Å². The number of carbonyl (C=O) groups excluding carboxylic acids is 1. The van der Waals surface area contributed by atoms with E-state index in [9.17, 15) is 13.6 Å². The molecule has 0 aromatic carbocycles. The van der Waals surface area contributed by atoms with Crippen LogP contribution in [-0.4, -0.2) is 33.9 Å². The van der Waals surface area contributed by atoms with Crippen LogP contribution in [0.2, 0.25) is 0 Å². The lowest BCUT2D eigenvalue weighted by Crippen LogP contribution is -2.23. The Bertz CT molecular complexity index is 1010. The number of rotatable bonds is 6. The molecule has 2 saturated carbocycles. The van der Waals surface area contributed by atoms with Gasteiger partial charge in [0.1, 0.15) is 17.5 Å². The Morgan fingerprint density at radius 2 is 2.03 bits per heavy atom. The maximum Gasteiger partial charge on any atom is 0.303 e. The Balaban J connectivity index is 1.55. The maximum atomic E-state index is 14.2. The van der Waals surface area contributed by atoms with Gasteiger partial charge in [-0.15, -0.1) is 0 Å². The Morgan fingerprint density at radius 3 is 2.67 bits per heavy atom. The number of halogens is 2. The molecule has 158 valence electrons. The van der Waals surface area contributed by atoms with E-state index < -0.39 is 11.7 Å². The predicted molar refractivity (Wildman–Crippen MR) is 109 cm³/mol. The van der Waals surface area contributed by atoms with Gasteiger partial charge in [-0.1, -0.05) is 0 Å². The van der Waals surface area contributed by atoms with Gasteiger partial charge in [-0.05, 0) is 31.6 Å². The normalized spacial score (nSPS) is 19.0. The van der Waals surface area contributed by atoms with Crippen LogP contribution in [-0.2, 0) is 16.1 Å². The molecule has 9 heteroatoms. The van der Waals surface area contributed by atoms with Crippen LogP contribution >= 0.6 is 0 Å². The average molecular weight is 414 g/mol. The molecule has 2 aromatic rings. The highest BCUT2D eigenvalue weighted by atomic mass is 19.3. The summed E-state index contributed by atoms with van der Waals surface area (Å²) in [6.07, 6.45) is 6.14. The topological polar surface area (TPSA) is 83.0 Å². The van der Waals surface area contributed by atoms with Crippen molar-refractivity contribution in [1.29, 1.82) is 0 Å². The summed E-state index contributed by atoms with van der Waals surface area (Å²) < 4.78 is 28.3. The molecule has 3 heterocycles. The molecule has 2 aliphatic carbocycles. The summed E-state index contributed by atoms with van der Waals surface area (Å²) in [7, 11) is 0. The molecule has 5 rings (SSSR count). The quantitative estimate of drug-likeness (QED) is 0.745. The first-order valence-corrected chi connectivity index (χ1v) is 10.3. The summed E-state index contributed by atoms with van der Waals surface area (Å²) in [4.78, 5) is 26.1. The third-order valence-electron chi connectivity index (χ3n) is 6.01. The minimum Gasteiger partial charge on any atom is -0.370 e. The molecule has 2 aromatic heterocycles. The Hall–Kier alpha value is -2.84. The number of nitrogens with one attached hydrogen (secondary N) is 2. The molecule has 1 aliphatic heterocycles. The number of aromatic nitrogens is 3. The van der Waals surface area contributed by atoms with Crippen LogP contribution in [0, 0.1) is 5.92 Å². The number of nitrogens with zero attached hydrogens (tertiary/aromatic N) is 4. The average Bonchev–Trinajstić information content (AvgIpc) is 3.58. The summed E-state index contributed by atoms with van der Waals surface area (Å²) in [6, 6.07) is 3.54. The molecule has 2 N–H and O–H groups in total. The van der Waals surface area contributed by atoms with Gasteiger partial charge in [0.25, 0.3) is 0 Å². The first-order chi connectivity index (χ1) is 14.2. The van der Waals surface area contributed by atoms with Crippen molar-refractivity contribution in [2.45, 2.75) is 50.9 Å². The third kappa shape index (κ3) is 3.57. The summed E-state index contributed by atoms with van der Waals surface area (Å²) >= 11 is 0. The highest BCUT2D eigenvalue weighted by Crippen LogP contribution is 2.58. The second-order valence-corrected chi connectivity index (χ2v) is 8.78. The summed E-state index contributed by atoms with van der Waals surface area (Å²) in [5, 5.41) is 5.90. The molecular formula is C21H24F2N6O. The maximum absolute atomic E-state index is 14.2. The summed E-state index contributed by atoms with van der Waals surface area (Å²) in [5.74, 6) is -1.98. The van der Waals surface area contributed by atoms with Gasteiger partial charge in [-0.2, -0.15) is 8.78 Å². The number of pyridine rings is 1. The smallest absolute Gasteiger partial charge is 0.303 e. The molecule has 0 unspecified atom stereocenters. The van der Waals surface area contributed by atoms with Gasteiger partial charge in [0.2, 0.25) is 11.7 Å². The second-order valence-electron chi connectivity index (χ2n) is 8.78. The van der Waals surface area contributed by atoms with Crippen molar-refractivity contribution in [3.63, 3.8) is 0 Å². The summed E-state index contributed by atoms with van der Waals surface area (Å²) in [6.45, 7) is 3.62. The minimum atomic E-state index is -3.15. The van der Waals surface area contributed by atoms with Crippen LogP contribution in [0.1, 0.15) is 50.9 Å². The fourth-order valence-corrected chi connectivity index (χ4v) is 4.01. The first kappa shape index (κ1) is 19.1. The molecule has 1 spiro atoms. The largest absolute Gasteiger partial charge is 0.370 e. The number of hydrogen-bond donors (Lipinski definition) is 2. The number of carbonyl (C=O) groups is 1. The number of amides is 1. The van der Waals surface area contributed by atoms with E-state index >= 15 is 0 Å². The standard InChI is InChI=1S/C21H24F2N6O/c1-12(30)26-16-7-15-14(10-25-16)21(5-6-21)11-29(15)18-8-17(24-9-13-3-4-13)27-19(28-18)20(2,22)23/h7-8,10,13H,3-6,9,11H2,1-2H3,(H,24,27,28)(H,25,26,30). The number of alkyl halides is 2. The second kappa shape index (κ2) is 6.58. The SMILES string of the molecule is CC(=O)Nc1cc2c(cn1)C1(CC1)CN2c1cc(NCC2CC2)nc(C(C)(F)F)n1. The first-order valence-electron chi connectivity index (χ1n) is 10.3. The van der Waals surface area contributed by atoms with Crippen LogP contribution in [0.15, 0.2) is 18.3 Å². The number of fused-ring (bicyclic) bond motifs is 2. The Labute approximate surface area is 173 Å². The lowest BCUT2D eigenvalue weighted by Gasteiger charge is -2.22. The monoisotopic (exact) mass is 414 g/mol. The minimum absolute atomic E-state index is 0.0153. The van der Waals surface area contributed by atoms with Gasteiger partial charge in [-0.25, -0.2) is 15.0 Å². The van der Waals surface area contributed by atoms with Gasteiger partial charge >= 0.3 is 5.92 Å². The molecule has 0 saturated heterocycles. The highest BCUT2D eigenvalue weighted by molar-refractivity contribution is 5.89. The fraction of sp³-hybridized carbons (Fsp3) is 0.524. The number of anilines is 4. The Kier molecular flexibility index (Phi) is 4.20. The van der Waals surface area contributed by atoms with E-state index in [4.69, 9.17) is 0 Å². The van der Waals surface area contributed by atoms with E-state index in [1.807, 2.05) is 4.90 Å². The van der Waals surface area contributed by atoms with Crippen molar-refractivity contribution in [2.24, 2.45) is 5.92 Å². The zero-order chi connectivity index (χ0) is 21.1. The Morgan fingerprint density at radius 1 is 1.27 bits per heavy atom. The molecule has 30 heavy (non-hydrogen) atoms. The van der Waals surface area contributed by atoms with Gasteiger partial charge < -0.3 is 15.5 Å². The van der Waals surface area contributed by atoms with Crippen molar-refractivity contribution in [1.82, 2.24) is 15.0 Å². The van der Waals surface area contributed by atoms with E-state index in [1.165, 1.54) is 6.92 Å². The van der Waals surface area contributed by atoms with Crippen LogP contribution in [0.5, 0.6) is 0 Å². The van der Waals surface area contributed by atoms with Crippen LogP contribution in [0.4, 0.5) is 31.9 Å². The summed E-state index contributed by atoms with van der Waals surface area (Å²) in [5.41, 5.74) is 1.91. The van der Waals surface area contributed by atoms with E-state index in [2.05, 4.69) is 25.6 Å². The van der Waals surface area contributed by atoms with E-state index in [0.29, 0.717) is 29.9 Å². The lowest BCUT2D eigenvalue weighted by atomic mass is 10.0. The lowest BCUT2D eigenvalue weighted by molar-refractivity contribution is -0.114. The molecule has 3 aliphatic rings. The van der Waals surface area contributed by atoms with E-state index in [0.717, 1.165) is 50.4 Å². The van der Waals surface area contributed by atoms with Gasteiger partial charge in [-0.3, -0.25) is 4.79 Å². The zero-order valence-corrected chi connectivity index (χ0v) is 17.0. The van der Waals surface area contributed by atoms with Gasteiger partial charge in [0.15, 0.2) is 0 Å². The molecule has 0 radical (unpaired) electrons. The van der Waals surface area contributed by atoms with Crippen LogP contribution < -0.4 is 15.5 Å². The molecular weight excluding hydrogens is 390 g/mol. The highest BCUT2D eigenvalue weighted by Gasteiger charge is 2.52. The zero-order valence-electron chi connectivity index (χ0n) is 17.0. The van der Waals surface area contributed by atoms with Crippen molar-refractivity contribution in [2.75, 3.05) is 28.6 Å². The fourth-order valence-electron chi connectivity index (χ4n) is 4.01. The van der Waals surface area contributed by atoms with Crippen molar-refractivity contribution < 1.29 is 13.6 Å². The van der Waals surface area contributed by atoms with Crippen LogP contribution in [0.25, 0.3) is 0 Å². The van der Waals surface area contributed by atoms with Gasteiger partial charge in [0, 0.05) is 56.2 Å². The van der Waals surface area contributed by atoms with E-state index in [-0.39, 0.29) is 11.3 Å². The molecule has 0 bridgehead atoms. The van der Waals surface area contributed by atoms with Crippen LogP contribution in [0.3, 0.4) is 0 Å². The molecule has 7 nitrogen and oxygen atoms in total. The molecule has 0 atom stereocenters. The third-order valence-corrected chi connectivity index (χ3v) is 6.01. The van der Waals surface area contributed by atoms with Gasteiger partial charge in [0.05, 0.1) is 5.69 Å². The van der Waals surface area contributed by atoms with Crippen molar-refractivity contribution in [3.05, 3.63) is 29.7 Å².